The fourth-order valence-electron chi connectivity index (χ4n) is 1.05. The highest BCUT2D eigenvalue weighted by atomic mass is 16.5. The molecule has 0 saturated carbocycles. The van der Waals surface area contributed by atoms with Crippen molar-refractivity contribution in [2.45, 2.75) is 13.5 Å². The smallest absolute Gasteiger partial charge is 0.148 e. The van der Waals surface area contributed by atoms with Gasteiger partial charge in [-0.05, 0) is 12.5 Å². The van der Waals surface area contributed by atoms with Crippen LogP contribution in [0.25, 0.3) is 0 Å². The predicted molar refractivity (Wildman–Crippen MR) is 55.9 cm³/mol. The van der Waals surface area contributed by atoms with Crippen molar-refractivity contribution in [1.29, 1.82) is 0 Å². The summed E-state index contributed by atoms with van der Waals surface area (Å²) in [4.78, 5) is 10.4. The number of benzene rings is 1. The largest absolute Gasteiger partial charge is 0.372 e. The Bertz CT molecular complexity index is 301. The molecule has 0 unspecified atom stereocenters. The molecular weight excluding hydrogens is 176 g/mol. The fraction of sp³-hybridized carbons (Fsp3) is 0.250. The van der Waals surface area contributed by atoms with Crippen LogP contribution in [0.15, 0.2) is 42.0 Å². The van der Waals surface area contributed by atoms with E-state index < -0.39 is 0 Å². The van der Waals surface area contributed by atoms with Gasteiger partial charge in [0.05, 0.1) is 13.2 Å². The van der Waals surface area contributed by atoms with Crippen LogP contribution in [0.1, 0.15) is 12.5 Å². The monoisotopic (exact) mass is 190 g/mol. The first-order chi connectivity index (χ1) is 6.86. The third-order valence-corrected chi connectivity index (χ3v) is 1.90. The van der Waals surface area contributed by atoms with Crippen LogP contribution in [-0.4, -0.2) is 12.9 Å². The van der Waals surface area contributed by atoms with Crippen molar-refractivity contribution in [2.24, 2.45) is 0 Å². The Kier molecular flexibility index (Phi) is 4.65. The number of hydrogen-bond donors (Lipinski definition) is 0. The van der Waals surface area contributed by atoms with Gasteiger partial charge in [-0.3, -0.25) is 4.79 Å². The van der Waals surface area contributed by atoms with E-state index >= 15 is 0 Å². The lowest BCUT2D eigenvalue weighted by molar-refractivity contribution is -0.105. The molecular formula is C12H14O2. The zero-order chi connectivity index (χ0) is 10.2. The number of rotatable bonds is 5. The lowest BCUT2D eigenvalue weighted by atomic mass is 10.2. The van der Waals surface area contributed by atoms with Gasteiger partial charge >= 0.3 is 0 Å². The average molecular weight is 190 g/mol. The van der Waals surface area contributed by atoms with Gasteiger partial charge in [0.2, 0.25) is 0 Å². The molecule has 2 heteroatoms. The summed E-state index contributed by atoms with van der Waals surface area (Å²) in [6, 6.07) is 9.89. The summed E-state index contributed by atoms with van der Waals surface area (Å²) in [6.45, 7) is 2.76. The van der Waals surface area contributed by atoms with Crippen molar-refractivity contribution < 1.29 is 9.53 Å². The number of aldehydes is 1. The zero-order valence-corrected chi connectivity index (χ0v) is 8.27. The number of ether oxygens (including phenoxy) is 1. The SMILES string of the molecule is C/C=C(\C=O)COCc1ccccc1. The summed E-state index contributed by atoms with van der Waals surface area (Å²) in [6.07, 6.45) is 2.59. The molecule has 0 aliphatic heterocycles. The molecule has 1 aromatic rings. The Morgan fingerprint density at radius 2 is 2.07 bits per heavy atom. The minimum absolute atomic E-state index is 0.384. The second kappa shape index (κ2) is 6.11. The molecule has 0 atom stereocenters. The van der Waals surface area contributed by atoms with Crippen LogP contribution in [0.2, 0.25) is 0 Å². The van der Waals surface area contributed by atoms with Crippen LogP contribution in [0.4, 0.5) is 0 Å². The molecule has 0 fully saturated rings. The first-order valence-corrected chi connectivity index (χ1v) is 4.59. The maximum atomic E-state index is 10.4. The van der Waals surface area contributed by atoms with Gasteiger partial charge in [-0.1, -0.05) is 36.4 Å². The van der Waals surface area contributed by atoms with Crippen LogP contribution < -0.4 is 0 Å². The molecule has 1 rings (SSSR count). The van der Waals surface area contributed by atoms with Gasteiger partial charge in [0.25, 0.3) is 0 Å². The number of allylic oxidation sites excluding steroid dienone is 1. The first kappa shape index (κ1) is 10.7. The molecule has 0 spiro atoms. The second-order valence-corrected chi connectivity index (χ2v) is 2.96. The molecule has 1 aromatic carbocycles. The van der Waals surface area contributed by atoms with Crippen molar-refractivity contribution in [3.8, 4) is 0 Å². The van der Waals surface area contributed by atoms with E-state index in [1.165, 1.54) is 0 Å². The van der Waals surface area contributed by atoms with Crippen LogP contribution in [0.5, 0.6) is 0 Å². The Balaban J connectivity index is 2.32. The molecule has 0 amide bonds. The van der Waals surface area contributed by atoms with E-state index in [1.807, 2.05) is 37.3 Å². The van der Waals surface area contributed by atoms with E-state index in [0.717, 1.165) is 11.8 Å². The van der Waals surface area contributed by atoms with E-state index in [0.29, 0.717) is 18.8 Å². The zero-order valence-electron chi connectivity index (χ0n) is 8.27. The van der Waals surface area contributed by atoms with E-state index in [2.05, 4.69) is 0 Å². The molecule has 0 bridgehead atoms. The van der Waals surface area contributed by atoms with E-state index in [-0.39, 0.29) is 0 Å². The van der Waals surface area contributed by atoms with Gasteiger partial charge in [0.1, 0.15) is 6.29 Å². The lowest BCUT2D eigenvalue weighted by Crippen LogP contribution is -1.99. The molecule has 0 heterocycles. The van der Waals surface area contributed by atoms with Crippen molar-refractivity contribution in [3.05, 3.63) is 47.5 Å². The Morgan fingerprint density at radius 1 is 1.36 bits per heavy atom. The van der Waals surface area contributed by atoms with Crippen LogP contribution in [-0.2, 0) is 16.1 Å². The fourth-order valence-corrected chi connectivity index (χ4v) is 1.05. The predicted octanol–water partition coefficient (Wildman–Crippen LogP) is 2.35. The maximum Gasteiger partial charge on any atom is 0.148 e. The summed E-state index contributed by atoms with van der Waals surface area (Å²) >= 11 is 0. The molecule has 0 aliphatic carbocycles. The third-order valence-electron chi connectivity index (χ3n) is 1.90. The maximum absolute atomic E-state index is 10.4. The van der Waals surface area contributed by atoms with Crippen LogP contribution >= 0.6 is 0 Å². The summed E-state index contributed by atoms with van der Waals surface area (Å²) in [5, 5.41) is 0. The van der Waals surface area contributed by atoms with Crippen molar-refractivity contribution in [2.75, 3.05) is 6.61 Å². The van der Waals surface area contributed by atoms with Crippen LogP contribution in [0.3, 0.4) is 0 Å². The molecule has 0 radical (unpaired) electrons. The highest BCUT2D eigenvalue weighted by Crippen LogP contribution is 2.01. The van der Waals surface area contributed by atoms with Gasteiger partial charge in [0, 0.05) is 5.57 Å². The lowest BCUT2D eigenvalue weighted by Gasteiger charge is -2.03. The molecule has 0 saturated heterocycles. The average Bonchev–Trinajstić information content (AvgIpc) is 2.26. The topological polar surface area (TPSA) is 26.3 Å². The summed E-state index contributed by atoms with van der Waals surface area (Å²) < 4.78 is 5.36. The van der Waals surface area contributed by atoms with E-state index in [9.17, 15) is 4.79 Å². The molecule has 0 N–H and O–H groups in total. The van der Waals surface area contributed by atoms with E-state index in [4.69, 9.17) is 4.74 Å². The standard InChI is InChI=1S/C12H14O2/c1-2-11(8-13)9-14-10-12-6-4-3-5-7-12/h2-8H,9-10H2,1H3/b11-2+. The Hall–Kier alpha value is -1.41. The van der Waals surface area contributed by atoms with Gasteiger partial charge in [-0.25, -0.2) is 0 Å². The van der Waals surface area contributed by atoms with Gasteiger partial charge in [0.15, 0.2) is 0 Å². The molecule has 0 aromatic heterocycles. The first-order valence-electron chi connectivity index (χ1n) is 4.59. The minimum Gasteiger partial charge on any atom is -0.372 e. The van der Waals surface area contributed by atoms with E-state index in [1.54, 1.807) is 6.08 Å². The Labute approximate surface area is 84.2 Å². The third kappa shape index (κ3) is 3.54. The number of hydrogen-bond acceptors (Lipinski definition) is 2. The van der Waals surface area contributed by atoms with Gasteiger partial charge in [-0.2, -0.15) is 0 Å². The normalized spacial score (nSPS) is 11.4. The molecule has 2 nitrogen and oxygen atoms in total. The summed E-state index contributed by atoms with van der Waals surface area (Å²) in [5.41, 5.74) is 1.80. The van der Waals surface area contributed by atoms with Crippen molar-refractivity contribution >= 4 is 6.29 Å². The van der Waals surface area contributed by atoms with Crippen molar-refractivity contribution in [3.63, 3.8) is 0 Å². The minimum atomic E-state index is 0.384. The number of carbonyl (C=O) groups is 1. The summed E-state index contributed by atoms with van der Waals surface area (Å²) in [5.74, 6) is 0. The van der Waals surface area contributed by atoms with Gasteiger partial charge in [-0.15, -0.1) is 0 Å². The molecule has 14 heavy (non-hydrogen) atoms. The van der Waals surface area contributed by atoms with Gasteiger partial charge < -0.3 is 4.74 Å². The van der Waals surface area contributed by atoms with Crippen LogP contribution in [0, 0.1) is 0 Å². The number of carbonyl (C=O) groups excluding carboxylic acids is 1. The highest BCUT2D eigenvalue weighted by molar-refractivity contribution is 5.73. The van der Waals surface area contributed by atoms with Crippen molar-refractivity contribution in [1.82, 2.24) is 0 Å². The quantitative estimate of drug-likeness (QED) is 0.526. The Morgan fingerprint density at radius 3 is 2.64 bits per heavy atom. The molecule has 74 valence electrons. The molecule has 0 aliphatic rings. The highest BCUT2D eigenvalue weighted by Gasteiger charge is 1.94. The summed E-state index contributed by atoms with van der Waals surface area (Å²) in [7, 11) is 0. The second-order valence-electron chi connectivity index (χ2n) is 2.96.